The van der Waals surface area contributed by atoms with Gasteiger partial charge in [0.05, 0.1) is 14.4 Å². The third-order valence-electron chi connectivity index (χ3n) is 0.910. The molecule has 0 fully saturated rings. The van der Waals surface area contributed by atoms with Crippen LogP contribution in [0.4, 0.5) is 0 Å². The van der Waals surface area contributed by atoms with Gasteiger partial charge in [-0.05, 0) is 17.9 Å². The summed E-state index contributed by atoms with van der Waals surface area (Å²) in [5.74, 6) is 0. The van der Waals surface area contributed by atoms with Crippen molar-refractivity contribution in [1.82, 2.24) is 0 Å². The number of carbonyl (C=O) groups excluding carboxylic acids is 1. The first-order valence-electron chi connectivity index (χ1n) is 2.76. The minimum atomic E-state index is -0.879. The highest BCUT2D eigenvalue weighted by atomic mass is 35.5. The second-order valence-electron chi connectivity index (χ2n) is 1.69. The van der Waals surface area contributed by atoms with Gasteiger partial charge in [-0.25, -0.2) is 0 Å². The molecule has 0 spiro atoms. The lowest BCUT2D eigenvalue weighted by Gasteiger charge is -2.00. The quantitative estimate of drug-likeness (QED) is 0.435. The molecule has 0 bridgehead atoms. The monoisotopic (exact) mass is 298 g/mol. The van der Waals surface area contributed by atoms with E-state index in [0.29, 0.717) is 0 Å². The zero-order valence-electron chi connectivity index (χ0n) is 6.21. The molecule has 0 N–H and O–H groups in total. The number of allylic oxidation sites excluding steroid dienone is 3. The summed E-state index contributed by atoms with van der Waals surface area (Å²) in [5, 5.41) is -1.37. The average molecular weight is 300 g/mol. The zero-order valence-corrected chi connectivity index (χ0v) is 10.8. The van der Waals surface area contributed by atoms with E-state index in [1.165, 1.54) is 11.8 Å². The summed E-state index contributed by atoms with van der Waals surface area (Å²) in [6, 6.07) is 0. The van der Waals surface area contributed by atoms with Gasteiger partial charge in [-0.3, -0.25) is 4.79 Å². The molecule has 0 aliphatic heterocycles. The molecule has 74 valence electrons. The minimum absolute atomic E-state index is 0.00910. The van der Waals surface area contributed by atoms with E-state index in [-0.39, 0.29) is 19.5 Å². The Labute approximate surface area is 105 Å². The van der Waals surface area contributed by atoms with Crippen LogP contribution in [0.25, 0.3) is 0 Å². The molecule has 0 atom stereocenters. The Hall–Kier alpha value is 0.950. The van der Waals surface area contributed by atoms with Crippen LogP contribution in [0.3, 0.4) is 0 Å². The van der Waals surface area contributed by atoms with Gasteiger partial charge < -0.3 is 0 Å². The molecule has 0 aromatic rings. The maximum atomic E-state index is 10.6. The third kappa shape index (κ3) is 4.32. The summed E-state index contributed by atoms with van der Waals surface area (Å²) >= 11 is 28.6. The van der Waals surface area contributed by atoms with E-state index >= 15 is 0 Å². The van der Waals surface area contributed by atoms with E-state index in [1.54, 1.807) is 6.26 Å². The SMILES string of the molecule is CS/C(Cl)=C(Cl)\C(Cl)=C(\Cl)C(=O)Cl. The molecule has 0 aliphatic carbocycles. The van der Waals surface area contributed by atoms with E-state index in [4.69, 9.17) is 58.0 Å². The highest BCUT2D eigenvalue weighted by Gasteiger charge is 2.14. The molecule has 0 radical (unpaired) electrons. The number of rotatable bonds is 3. The topological polar surface area (TPSA) is 17.1 Å². The van der Waals surface area contributed by atoms with E-state index in [9.17, 15) is 4.79 Å². The van der Waals surface area contributed by atoms with Crippen molar-refractivity contribution in [2.24, 2.45) is 0 Å². The van der Waals surface area contributed by atoms with Gasteiger partial charge in [0, 0.05) is 0 Å². The van der Waals surface area contributed by atoms with Crippen LogP contribution in [-0.4, -0.2) is 11.5 Å². The molecule has 0 heterocycles. The summed E-state index contributed by atoms with van der Waals surface area (Å²) < 4.78 is 0.239. The molecule has 0 aromatic heterocycles. The Bertz CT molecular complexity index is 283. The molecular formula is C6H3Cl5OS. The number of carbonyl (C=O) groups is 1. The minimum Gasteiger partial charge on any atom is -0.275 e. The van der Waals surface area contributed by atoms with Gasteiger partial charge >= 0.3 is 0 Å². The van der Waals surface area contributed by atoms with E-state index in [2.05, 4.69) is 0 Å². The number of hydrogen-bond donors (Lipinski definition) is 0. The molecule has 0 aromatic carbocycles. The smallest absolute Gasteiger partial charge is 0.265 e. The summed E-state index contributed by atoms with van der Waals surface area (Å²) in [4.78, 5) is 10.6. The summed E-state index contributed by atoms with van der Waals surface area (Å²) in [7, 11) is 0. The van der Waals surface area contributed by atoms with E-state index in [1.807, 2.05) is 0 Å². The van der Waals surface area contributed by atoms with Gasteiger partial charge in [0.25, 0.3) is 5.24 Å². The maximum Gasteiger partial charge on any atom is 0.265 e. The van der Waals surface area contributed by atoms with Crippen molar-refractivity contribution in [3.63, 3.8) is 0 Å². The standard InChI is InChI=1S/C6H3Cl5OS/c1-13-6(11)4(9)2(7)3(8)5(10)12/h1H3/b3-2-,6-4+. The first-order chi connectivity index (χ1) is 5.91. The Morgan fingerprint density at radius 3 is 1.69 bits per heavy atom. The largest absolute Gasteiger partial charge is 0.275 e. The van der Waals surface area contributed by atoms with E-state index < -0.39 is 5.24 Å². The molecule has 0 rings (SSSR count). The number of hydrogen-bond acceptors (Lipinski definition) is 2. The van der Waals surface area contributed by atoms with Crippen LogP contribution < -0.4 is 0 Å². The van der Waals surface area contributed by atoms with Gasteiger partial charge in [-0.1, -0.05) is 46.4 Å². The normalized spacial score (nSPS) is 14.9. The van der Waals surface area contributed by atoms with Crippen LogP contribution in [0.1, 0.15) is 0 Å². The fourth-order valence-corrected chi connectivity index (χ4v) is 1.63. The van der Waals surface area contributed by atoms with Gasteiger partial charge in [0.15, 0.2) is 0 Å². The van der Waals surface area contributed by atoms with Crippen molar-refractivity contribution in [1.29, 1.82) is 0 Å². The van der Waals surface area contributed by atoms with Crippen molar-refractivity contribution in [2.45, 2.75) is 0 Å². The van der Waals surface area contributed by atoms with E-state index in [0.717, 1.165) is 0 Å². The Morgan fingerprint density at radius 2 is 1.38 bits per heavy atom. The molecule has 0 saturated heterocycles. The fraction of sp³-hybridized carbons (Fsp3) is 0.167. The average Bonchev–Trinajstić information content (AvgIpc) is 2.12. The van der Waals surface area contributed by atoms with Gasteiger partial charge in [-0.15, -0.1) is 11.8 Å². The van der Waals surface area contributed by atoms with Crippen molar-refractivity contribution >= 4 is 75.0 Å². The molecule has 13 heavy (non-hydrogen) atoms. The molecule has 0 unspecified atom stereocenters. The van der Waals surface area contributed by atoms with Crippen LogP contribution in [0.15, 0.2) is 19.5 Å². The lowest BCUT2D eigenvalue weighted by atomic mass is 10.5. The zero-order chi connectivity index (χ0) is 10.6. The number of thioether (sulfide) groups is 1. The highest BCUT2D eigenvalue weighted by Crippen LogP contribution is 2.34. The summed E-state index contributed by atoms with van der Waals surface area (Å²) in [6.07, 6.45) is 1.70. The van der Waals surface area contributed by atoms with Crippen LogP contribution in [-0.2, 0) is 4.79 Å². The maximum absolute atomic E-state index is 10.6. The molecule has 0 amide bonds. The van der Waals surface area contributed by atoms with Gasteiger partial charge in [0.1, 0.15) is 5.03 Å². The predicted molar refractivity (Wildman–Crippen MR) is 61.8 cm³/mol. The molecule has 1 nitrogen and oxygen atoms in total. The molecule has 0 saturated carbocycles. The number of halogens is 5. The first kappa shape index (κ1) is 13.9. The van der Waals surface area contributed by atoms with Crippen LogP contribution in [0.2, 0.25) is 0 Å². The lowest BCUT2D eigenvalue weighted by Crippen LogP contribution is -1.89. The lowest BCUT2D eigenvalue weighted by molar-refractivity contribution is -0.108. The highest BCUT2D eigenvalue weighted by molar-refractivity contribution is 8.04. The van der Waals surface area contributed by atoms with Crippen LogP contribution >= 0.6 is 69.8 Å². The molecular weight excluding hydrogens is 297 g/mol. The van der Waals surface area contributed by atoms with Crippen molar-refractivity contribution in [2.75, 3.05) is 6.26 Å². The summed E-state index contributed by atoms with van der Waals surface area (Å²) in [6.45, 7) is 0. The van der Waals surface area contributed by atoms with Gasteiger partial charge in [-0.2, -0.15) is 0 Å². The fourth-order valence-electron chi connectivity index (χ4n) is 0.359. The Morgan fingerprint density at radius 1 is 0.923 bits per heavy atom. The van der Waals surface area contributed by atoms with Gasteiger partial charge in [0.2, 0.25) is 0 Å². The Balaban J connectivity index is 5.10. The molecule has 7 heteroatoms. The van der Waals surface area contributed by atoms with Crippen molar-refractivity contribution in [3.05, 3.63) is 19.5 Å². The molecule has 0 aliphatic rings. The van der Waals surface area contributed by atoms with Crippen LogP contribution in [0.5, 0.6) is 0 Å². The summed E-state index contributed by atoms with van der Waals surface area (Å²) in [5.41, 5.74) is 0. The Kier molecular flexibility index (Phi) is 6.91. The van der Waals surface area contributed by atoms with Crippen molar-refractivity contribution < 1.29 is 4.79 Å². The second kappa shape index (κ2) is 6.44. The predicted octanol–water partition coefficient (Wildman–Crippen LogP) is 4.45. The second-order valence-corrected chi connectivity index (χ2v) is 4.59. The third-order valence-corrected chi connectivity index (χ3v) is 3.93. The van der Waals surface area contributed by atoms with Crippen molar-refractivity contribution in [3.8, 4) is 0 Å². The first-order valence-corrected chi connectivity index (χ1v) is 5.88. The van der Waals surface area contributed by atoms with Crippen LogP contribution in [0, 0.1) is 0 Å².